The Morgan fingerprint density at radius 2 is 1.38 bits per heavy atom. The molecule has 0 aliphatic heterocycles. The molecule has 0 spiro atoms. The summed E-state index contributed by atoms with van der Waals surface area (Å²) in [6.07, 6.45) is 6.52. The maximum absolute atomic E-state index is 14.1. The van der Waals surface area contributed by atoms with Crippen LogP contribution in [-0.2, 0) is 40.2 Å². The van der Waals surface area contributed by atoms with Crippen LogP contribution in [0.1, 0.15) is 60.8 Å². The molecule has 1 atom stereocenters. The molecule has 2 N–H and O–H groups in total. The van der Waals surface area contributed by atoms with Crippen molar-refractivity contribution in [2.45, 2.75) is 69.9 Å². The van der Waals surface area contributed by atoms with Gasteiger partial charge < -0.3 is 15.2 Å². The lowest BCUT2D eigenvalue weighted by atomic mass is 9.74. The van der Waals surface area contributed by atoms with Gasteiger partial charge in [-0.1, -0.05) is 97.8 Å². The normalized spacial score (nSPS) is 17.8. The van der Waals surface area contributed by atoms with Crippen molar-refractivity contribution >= 4 is 11.9 Å². The number of amides is 1. The van der Waals surface area contributed by atoms with Gasteiger partial charge in [-0.25, -0.2) is 0 Å². The first-order chi connectivity index (χ1) is 19.0. The lowest BCUT2D eigenvalue weighted by molar-refractivity contribution is -0.152. The lowest BCUT2D eigenvalue weighted by Crippen LogP contribution is -2.56. The van der Waals surface area contributed by atoms with E-state index in [-0.39, 0.29) is 31.0 Å². The van der Waals surface area contributed by atoms with E-state index in [0.717, 1.165) is 37.7 Å². The van der Waals surface area contributed by atoms with Crippen LogP contribution in [0.25, 0.3) is 0 Å². The number of aliphatic hydroxyl groups excluding tert-OH is 1. The van der Waals surface area contributed by atoms with Gasteiger partial charge in [-0.2, -0.15) is 0 Å². The van der Waals surface area contributed by atoms with Gasteiger partial charge in [0.15, 0.2) is 0 Å². The summed E-state index contributed by atoms with van der Waals surface area (Å²) in [7, 11) is 0. The van der Waals surface area contributed by atoms with Crippen molar-refractivity contribution in [1.29, 1.82) is 0 Å². The van der Waals surface area contributed by atoms with E-state index in [1.165, 1.54) is 16.7 Å². The Morgan fingerprint density at radius 1 is 0.821 bits per heavy atom. The zero-order valence-corrected chi connectivity index (χ0v) is 22.6. The number of aryl methyl sites for hydroxylation is 1. The highest BCUT2D eigenvalue weighted by molar-refractivity contribution is 5.85. The summed E-state index contributed by atoms with van der Waals surface area (Å²) < 4.78 is 5.82. The average molecular weight is 526 g/mol. The maximum atomic E-state index is 14.1. The highest BCUT2D eigenvalue weighted by Crippen LogP contribution is 2.45. The SMILES string of the molecule is O=C(OCc1ccccc1)[C@H](CCc1ccccc1)CC1(C(=O)NC2(CO)Cc3ccccc3C2)CCCC1. The van der Waals surface area contributed by atoms with Crippen LogP contribution in [0.2, 0.25) is 0 Å². The van der Waals surface area contributed by atoms with E-state index in [0.29, 0.717) is 25.7 Å². The predicted molar refractivity (Wildman–Crippen MR) is 152 cm³/mol. The second kappa shape index (κ2) is 12.2. The summed E-state index contributed by atoms with van der Waals surface area (Å²) >= 11 is 0. The standard InChI is InChI=1S/C34H39NO4/c36-25-34(22-28-15-7-8-16-29(28)23-34)35-32(38)33(19-9-10-20-33)21-30(18-17-26-11-3-1-4-12-26)31(37)39-24-27-13-5-2-6-14-27/h1-8,11-16,30,36H,9-10,17-25H2,(H,35,38)/t30-/m1/s1. The molecule has 0 heterocycles. The smallest absolute Gasteiger partial charge is 0.309 e. The van der Waals surface area contributed by atoms with Crippen molar-refractivity contribution in [2.75, 3.05) is 6.61 Å². The van der Waals surface area contributed by atoms with Gasteiger partial charge in [0.05, 0.1) is 23.5 Å². The van der Waals surface area contributed by atoms with Crippen LogP contribution in [0.4, 0.5) is 0 Å². The Morgan fingerprint density at radius 3 is 1.97 bits per heavy atom. The summed E-state index contributed by atoms with van der Waals surface area (Å²) in [5.74, 6) is -0.648. The third-order valence-corrected chi connectivity index (χ3v) is 8.72. The number of benzene rings is 3. The highest BCUT2D eigenvalue weighted by atomic mass is 16.5. The second-order valence-corrected chi connectivity index (χ2v) is 11.5. The first-order valence-electron chi connectivity index (χ1n) is 14.3. The Labute approximate surface area is 231 Å². The molecule has 1 amide bonds. The number of hydrogen-bond acceptors (Lipinski definition) is 4. The van der Waals surface area contributed by atoms with E-state index in [1.807, 2.05) is 60.7 Å². The Balaban J connectivity index is 1.33. The summed E-state index contributed by atoms with van der Waals surface area (Å²) in [6, 6.07) is 28.0. The number of ether oxygens (including phenoxy) is 1. The summed E-state index contributed by atoms with van der Waals surface area (Å²) in [5, 5.41) is 13.7. The third-order valence-electron chi connectivity index (χ3n) is 8.72. The summed E-state index contributed by atoms with van der Waals surface area (Å²) in [6.45, 7) is 0.118. The molecular formula is C34H39NO4. The fourth-order valence-corrected chi connectivity index (χ4v) is 6.49. The molecule has 0 radical (unpaired) electrons. The lowest BCUT2D eigenvalue weighted by Gasteiger charge is -2.36. The molecular weight excluding hydrogens is 486 g/mol. The highest BCUT2D eigenvalue weighted by Gasteiger charge is 2.48. The van der Waals surface area contributed by atoms with E-state index >= 15 is 0 Å². The van der Waals surface area contributed by atoms with Crippen LogP contribution in [0.3, 0.4) is 0 Å². The number of carbonyl (C=O) groups excluding carboxylic acids is 2. The van der Waals surface area contributed by atoms with Crippen molar-refractivity contribution in [3.8, 4) is 0 Å². The van der Waals surface area contributed by atoms with Crippen LogP contribution < -0.4 is 5.32 Å². The number of esters is 1. The number of fused-ring (bicyclic) bond motifs is 1. The van der Waals surface area contributed by atoms with Gasteiger partial charge in [-0.05, 0) is 67.2 Å². The molecule has 5 heteroatoms. The van der Waals surface area contributed by atoms with Gasteiger partial charge in [-0.3, -0.25) is 9.59 Å². The third kappa shape index (κ3) is 6.42. The van der Waals surface area contributed by atoms with Crippen molar-refractivity contribution in [1.82, 2.24) is 5.32 Å². The number of rotatable bonds is 11. The summed E-state index contributed by atoms with van der Waals surface area (Å²) in [5.41, 5.74) is 3.15. The van der Waals surface area contributed by atoms with Gasteiger partial charge in [0.25, 0.3) is 0 Å². The van der Waals surface area contributed by atoms with Gasteiger partial charge in [0.1, 0.15) is 6.61 Å². The summed E-state index contributed by atoms with van der Waals surface area (Å²) in [4.78, 5) is 27.6. The van der Waals surface area contributed by atoms with Crippen LogP contribution in [0.15, 0.2) is 84.9 Å². The van der Waals surface area contributed by atoms with E-state index in [4.69, 9.17) is 4.74 Å². The fourth-order valence-electron chi connectivity index (χ4n) is 6.49. The van der Waals surface area contributed by atoms with Gasteiger partial charge in [-0.15, -0.1) is 0 Å². The van der Waals surface area contributed by atoms with E-state index < -0.39 is 11.0 Å². The van der Waals surface area contributed by atoms with Crippen LogP contribution >= 0.6 is 0 Å². The molecule has 1 saturated carbocycles. The largest absolute Gasteiger partial charge is 0.461 e. The molecule has 39 heavy (non-hydrogen) atoms. The van der Waals surface area contributed by atoms with Crippen molar-refractivity contribution < 1.29 is 19.4 Å². The average Bonchev–Trinajstić information content (AvgIpc) is 3.60. The number of aliphatic hydroxyl groups is 1. The van der Waals surface area contributed by atoms with E-state index in [1.54, 1.807) is 0 Å². The molecule has 0 bridgehead atoms. The van der Waals surface area contributed by atoms with Crippen molar-refractivity contribution in [2.24, 2.45) is 11.3 Å². The molecule has 0 aromatic heterocycles. The Hall–Kier alpha value is -3.44. The monoisotopic (exact) mass is 525 g/mol. The molecule has 2 aliphatic carbocycles. The van der Waals surface area contributed by atoms with Crippen LogP contribution in [-0.4, -0.2) is 29.1 Å². The molecule has 0 saturated heterocycles. The fraction of sp³-hybridized carbons (Fsp3) is 0.412. The second-order valence-electron chi connectivity index (χ2n) is 11.5. The maximum Gasteiger partial charge on any atom is 0.309 e. The molecule has 0 unspecified atom stereocenters. The van der Waals surface area contributed by atoms with Crippen molar-refractivity contribution in [3.05, 3.63) is 107 Å². The molecule has 5 rings (SSSR count). The topological polar surface area (TPSA) is 75.6 Å². The van der Waals surface area contributed by atoms with Gasteiger partial charge in [0.2, 0.25) is 5.91 Å². The van der Waals surface area contributed by atoms with Crippen molar-refractivity contribution in [3.63, 3.8) is 0 Å². The van der Waals surface area contributed by atoms with Gasteiger partial charge in [0, 0.05) is 0 Å². The van der Waals surface area contributed by atoms with E-state index in [9.17, 15) is 14.7 Å². The van der Waals surface area contributed by atoms with Crippen LogP contribution in [0, 0.1) is 11.3 Å². The molecule has 2 aliphatic rings. The number of hydrogen-bond donors (Lipinski definition) is 2. The molecule has 3 aromatic carbocycles. The molecule has 3 aromatic rings. The Bertz CT molecular complexity index is 1230. The Kier molecular flexibility index (Phi) is 8.47. The number of carbonyl (C=O) groups is 2. The first kappa shape index (κ1) is 27.1. The minimum absolute atomic E-state index is 0.0255. The van der Waals surface area contributed by atoms with Crippen LogP contribution in [0.5, 0.6) is 0 Å². The first-order valence-corrected chi connectivity index (χ1v) is 14.3. The van der Waals surface area contributed by atoms with E-state index in [2.05, 4.69) is 29.6 Å². The van der Waals surface area contributed by atoms with Gasteiger partial charge >= 0.3 is 5.97 Å². The molecule has 204 valence electrons. The quantitative estimate of drug-likeness (QED) is 0.321. The molecule has 1 fully saturated rings. The molecule has 5 nitrogen and oxygen atoms in total. The zero-order chi connectivity index (χ0) is 27.1. The minimum Gasteiger partial charge on any atom is -0.461 e. The number of nitrogens with one attached hydrogen (secondary N) is 1. The predicted octanol–water partition coefficient (Wildman–Crippen LogP) is 5.58. The zero-order valence-electron chi connectivity index (χ0n) is 22.6. The minimum atomic E-state index is -0.691.